The molecule has 18 heavy (non-hydrogen) atoms. The molecule has 2 heterocycles. The van der Waals surface area contributed by atoms with Crippen molar-refractivity contribution in [3.05, 3.63) is 59.7 Å². The van der Waals surface area contributed by atoms with Crippen LogP contribution in [0.4, 0.5) is 11.4 Å². The number of nitrogens with zero attached hydrogens (tertiary/aromatic N) is 2. The van der Waals surface area contributed by atoms with Crippen LogP contribution in [0.1, 0.15) is 11.1 Å². The summed E-state index contributed by atoms with van der Waals surface area (Å²) in [7, 11) is 0. The average Bonchev–Trinajstić information content (AvgIpc) is 3.01. The zero-order valence-corrected chi connectivity index (χ0v) is 9.67. The number of hydrogen-bond acceptors (Lipinski definition) is 2. The summed E-state index contributed by atoms with van der Waals surface area (Å²) in [5, 5.41) is 0. The van der Waals surface area contributed by atoms with Crippen LogP contribution in [0.15, 0.2) is 58.5 Å². The summed E-state index contributed by atoms with van der Waals surface area (Å²) in [5.41, 5.74) is 6.79. The van der Waals surface area contributed by atoms with Gasteiger partial charge in [-0.25, -0.2) is 0 Å². The number of para-hydroxylation sites is 2. The van der Waals surface area contributed by atoms with Crippen molar-refractivity contribution in [3.8, 4) is 0 Å². The standard InChI is InChI=1S/C16H10N2/c1-3-7-15-11(5-1)13(9-17-15)14-10-18-16-8-4-2-6-12(14)16/h1-10H. The molecule has 2 aromatic carbocycles. The van der Waals surface area contributed by atoms with Gasteiger partial charge in [-0.1, -0.05) is 36.4 Å². The lowest BCUT2D eigenvalue weighted by molar-refractivity contribution is 1.54. The van der Waals surface area contributed by atoms with Gasteiger partial charge in [-0.2, -0.15) is 0 Å². The van der Waals surface area contributed by atoms with Gasteiger partial charge < -0.3 is 0 Å². The zero-order chi connectivity index (χ0) is 11.9. The lowest BCUT2D eigenvalue weighted by atomic mass is 9.97. The van der Waals surface area contributed by atoms with Crippen molar-refractivity contribution in [2.24, 2.45) is 9.98 Å². The van der Waals surface area contributed by atoms with E-state index in [1.54, 1.807) is 0 Å². The summed E-state index contributed by atoms with van der Waals surface area (Å²) in [6.07, 6.45) is 3.88. The molecule has 0 N–H and O–H groups in total. The number of benzene rings is 2. The topological polar surface area (TPSA) is 24.7 Å². The highest BCUT2D eigenvalue weighted by Gasteiger charge is 2.20. The van der Waals surface area contributed by atoms with Gasteiger partial charge in [-0.15, -0.1) is 0 Å². The van der Waals surface area contributed by atoms with Crippen molar-refractivity contribution in [3.63, 3.8) is 0 Å². The van der Waals surface area contributed by atoms with Crippen molar-refractivity contribution in [2.45, 2.75) is 0 Å². The molecule has 0 aliphatic carbocycles. The summed E-state index contributed by atoms with van der Waals surface area (Å²) < 4.78 is 0. The maximum absolute atomic E-state index is 4.45. The fourth-order valence-electron chi connectivity index (χ4n) is 2.46. The molecule has 2 aromatic rings. The lowest BCUT2D eigenvalue weighted by Gasteiger charge is -2.04. The zero-order valence-electron chi connectivity index (χ0n) is 9.67. The molecular weight excluding hydrogens is 220 g/mol. The van der Waals surface area contributed by atoms with Crippen LogP contribution in [0.3, 0.4) is 0 Å². The number of fused-ring (bicyclic) bond motifs is 2. The Labute approximate surface area is 105 Å². The molecule has 0 atom stereocenters. The van der Waals surface area contributed by atoms with Gasteiger partial charge in [0.1, 0.15) is 0 Å². The van der Waals surface area contributed by atoms with E-state index >= 15 is 0 Å². The summed E-state index contributed by atoms with van der Waals surface area (Å²) >= 11 is 0. The molecule has 0 aromatic heterocycles. The number of hydrogen-bond donors (Lipinski definition) is 0. The molecule has 0 fully saturated rings. The minimum atomic E-state index is 1.04. The van der Waals surface area contributed by atoms with E-state index in [4.69, 9.17) is 0 Å². The van der Waals surface area contributed by atoms with Gasteiger partial charge >= 0.3 is 0 Å². The van der Waals surface area contributed by atoms with E-state index in [2.05, 4.69) is 22.1 Å². The third kappa shape index (κ3) is 1.23. The van der Waals surface area contributed by atoms with Crippen LogP contribution in [0.2, 0.25) is 0 Å². The molecule has 0 amide bonds. The van der Waals surface area contributed by atoms with Crippen molar-refractivity contribution in [2.75, 3.05) is 0 Å². The van der Waals surface area contributed by atoms with Gasteiger partial charge in [0.25, 0.3) is 0 Å². The van der Waals surface area contributed by atoms with E-state index in [-0.39, 0.29) is 0 Å². The molecule has 2 aliphatic rings. The maximum atomic E-state index is 4.45. The van der Waals surface area contributed by atoms with E-state index in [0.29, 0.717) is 0 Å². The fourth-order valence-corrected chi connectivity index (χ4v) is 2.46. The van der Waals surface area contributed by atoms with Gasteiger partial charge in [0, 0.05) is 34.7 Å². The monoisotopic (exact) mass is 230 g/mol. The van der Waals surface area contributed by atoms with Crippen LogP contribution in [-0.2, 0) is 0 Å². The Morgan fingerprint density at radius 1 is 0.556 bits per heavy atom. The molecule has 2 heteroatoms. The highest BCUT2D eigenvalue weighted by Crippen LogP contribution is 2.40. The normalized spacial score (nSPS) is 19.1. The second-order valence-electron chi connectivity index (χ2n) is 4.38. The Bertz CT molecular complexity index is 673. The minimum absolute atomic E-state index is 1.04. The van der Waals surface area contributed by atoms with Crippen molar-refractivity contribution >= 4 is 35.0 Å². The fraction of sp³-hybridized carbons (Fsp3) is 0. The van der Waals surface area contributed by atoms with E-state index in [0.717, 1.165) is 11.4 Å². The molecule has 0 saturated heterocycles. The van der Waals surface area contributed by atoms with Gasteiger partial charge in [0.15, 0.2) is 0 Å². The molecule has 2 aliphatic heterocycles. The smallest absolute Gasteiger partial charge is 0.0709 e. The molecule has 4 rings (SSSR count). The van der Waals surface area contributed by atoms with E-state index in [1.807, 2.05) is 48.8 Å². The van der Waals surface area contributed by atoms with E-state index < -0.39 is 0 Å². The molecule has 0 radical (unpaired) electrons. The number of allylic oxidation sites excluding steroid dienone is 2. The highest BCUT2D eigenvalue weighted by atomic mass is 14.8. The van der Waals surface area contributed by atoms with Crippen molar-refractivity contribution < 1.29 is 0 Å². The maximum Gasteiger partial charge on any atom is 0.0709 e. The largest absolute Gasteiger partial charge is 0.256 e. The lowest BCUT2D eigenvalue weighted by Crippen LogP contribution is -1.88. The minimum Gasteiger partial charge on any atom is -0.256 e. The Hall–Kier alpha value is -2.48. The molecule has 0 spiro atoms. The first-order valence-corrected chi connectivity index (χ1v) is 5.95. The molecule has 0 bridgehead atoms. The third-order valence-corrected chi connectivity index (χ3v) is 3.34. The average molecular weight is 230 g/mol. The van der Waals surface area contributed by atoms with Crippen LogP contribution in [0, 0.1) is 0 Å². The van der Waals surface area contributed by atoms with E-state index in [9.17, 15) is 0 Å². The molecule has 2 nitrogen and oxygen atoms in total. The molecule has 0 saturated carbocycles. The van der Waals surface area contributed by atoms with Crippen LogP contribution in [-0.4, -0.2) is 12.4 Å². The second-order valence-corrected chi connectivity index (χ2v) is 4.38. The van der Waals surface area contributed by atoms with Gasteiger partial charge in [0.05, 0.1) is 11.4 Å². The first-order chi connectivity index (χ1) is 8.93. The predicted molar refractivity (Wildman–Crippen MR) is 76.0 cm³/mol. The molecular formula is C16H10N2. The second kappa shape index (κ2) is 3.50. The van der Waals surface area contributed by atoms with Crippen LogP contribution in [0.25, 0.3) is 11.1 Å². The Kier molecular flexibility index (Phi) is 1.86. The van der Waals surface area contributed by atoms with Gasteiger partial charge in [-0.05, 0) is 12.1 Å². The number of aliphatic imine (C=N–C) groups is 2. The number of rotatable bonds is 0. The van der Waals surface area contributed by atoms with Crippen LogP contribution >= 0.6 is 0 Å². The Morgan fingerprint density at radius 2 is 1.00 bits per heavy atom. The van der Waals surface area contributed by atoms with Crippen LogP contribution in [0.5, 0.6) is 0 Å². The Balaban J connectivity index is 1.99. The first kappa shape index (κ1) is 9.54. The van der Waals surface area contributed by atoms with E-state index in [1.165, 1.54) is 22.3 Å². The molecule has 0 unspecified atom stereocenters. The molecule has 84 valence electrons. The predicted octanol–water partition coefficient (Wildman–Crippen LogP) is 4.03. The third-order valence-electron chi connectivity index (χ3n) is 3.34. The van der Waals surface area contributed by atoms with Crippen molar-refractivity contribution in [1.82, 2.24) is 0 Å². The Morgan fingerprint density at radius 3 is 1.50 bits per heavy atom. The summed E-state index contributed by atoms with van der Waals surface area (Å²) in [4.78, 5) is 8.91. The van der Waals surface area contributed by atoms with Gasteiger partial charge in [-0.3, -0.25) is 9.98 Å². The van der Waals surface area contributed by atoms with Crippen LogP contribution < -0.4 is 0 Å². The summed E-state index contributed by atoms with van der Waals surface area (Å²) in [6.45, 7) is 0. The van der Waals surface area contributed by atoms with Gasteiger partial charge in [0.2, 0.25) is 0 Å². The summed E-state index contributed by atoms with van der Waals surface area (Å²) in [5.74, 6) is 0. The van der Waals surface area contributed by atoms with Crippen molar-refractivity contribution in [1.29, 1.82) is 0 Å². The quantitative estimate of drug-likeness (QED) is 0.652. The summed E-state index contributed by atoms with van der Waals surface area (Å²) in [6, 6.07) is 16.4. The first-order valence-electron chi connectivity index (χ1n) is 5.95. The highest BCUT2D eigenvalue weighted by molar-refractivity contribution is 6.36. The SMILES string of the molecule is C1=Nc2ccccc2C1=C1C=Nc2ccccc21.